The first kappa shape index (κ1) is 24.1. The lowest BCUT2D eigenvalue weighted by atomic mass is 9.84. The van der Waals surface area contributed by atoms with Gasteiger partial charge in [-0.2, -0.15) is 0 Å². The summed E-state index contributed by atoms with van der Waals surface area (Å²) in [7, 11) is 0. The van der Waals surface area contributed by atoms with Crippen molar-refractivity contribution in [3.63, 3.8) is 0 Å². The van der Waals surface area contributed by atoms with Crippen molar-refractivity contribution in [2.45, 2.75) is 19.3 Å². The minimum atomic E-state index is -0.981. The van der Waals surface area contributed by atoms with Gasteiger partial charge in [-0.3, -0.25) is 4.98 Å². The van der Waals surface area contributed by atoms with Crippen LogP contribution in [0.5, 0.6) is 0 Å². The van der Waals surface area contributed by atoms with Crippen LogP contribution < -0.4 is 0 Å². The highest BCUT2D eigenvalue weighted by Gasteiger charge is 2.22. The monoisotopic (exact) mass is 488 g/mol. The van der Waals surface area contributed by atoms with Gasteiger partial charge in [0.15, 0.2) is 0 Å². The number of aryl methyl sites for hydroxylation is 1. The quantitative estimate of drug-likeness (QED) is 0.167. The second-order valence-corrected chi connectivity index (χ2v) is 8.60. The van der Waals surface area contributed by atoms with E-state index in [9.17, 15) is 10.0 Å². The second kappa shape index (κ2) is 10.5. The molecule has 1 atom stereocenters. The minimum Gasteiger partial charge on any atom is -0.478 e. The van der Waals surface area contributed by atoms with Crippen molar-refractivity contribution < 1.29 is 19.5 Å². The molecule has 5 nitrogen and oxygen atoms in total. The van der Waals surface area contributed by atoms with E-state index in [1.807, 2.05) is 37.3 Å². The van der Waals surface area contributed by atoms with Gasteiger partial charge in [-0.15, -0.1) is 0 Å². The van der Waals surface area contributed by atoms with Gasteiger partial charge in [0.1, 0.15) is 5.82 Å². The van der Waals surface area contributed by atoms with E-state index in [0.29, 0.717) is 21.9 Å². The predicted molar refractivity (Wildman–Crippen MR) is 134 cm³/mol. The van der Waals surface area contributed by atoms with Gasteiger partial charge in [0.2, 0.25) is 0 Å². The van der Waals surface area contributed by atoms with Crippen LogP contribution in [0.4, 0.5) is 4.39 Å². The summed E-state index contributed by atoms with van der Waals surface area (Å²) in [6.45, 7) is 1.84. The third-order valence-electron chi connectivity index (χ3n) is 5.86. The zero-order valence-corrected chi connectivity index (χ0v) is 19.6. The summed E-state index contributed by atoms with van der Waals surface area (Å²) in [5.41, 5.74) is 5.10. The molecule has 4 aromatic rings. The highest BCUT2D eigenvalue weighted by Crippen LogP contribution is 2.34. The lowest BCUT2D eigenvalue weighted by molar-refractivity contribution is 0.0697. The van der Waals surface area contributed by atoms with Crippen molar-refractivity contribution >= 4 is 23.3 Å². The fourth-order valence-corrected chi connectivity index (χ4v) is 4.20. The summed E-state index contributed by atoms with van der Waals surface area (Å²) >= 11 is 5.99. The Morgan fingerprint density at radius 2 is 1.63 bits per heavy atom. The molecule has 2 N–H and O–H groups in total. The van der Waals surface area contributed by atoms with Gasteiger partial charge in [-0.05, 0) is 65.6 Å². The van der Waals surface area contributed by atoms with Crippen LogP contribution in [-0.2, 0) is 0 Å². The Hall–Kier alpha value is -4.03. The molecule has 176 valence electrons. The number of rotatable bonds is 7. The summed E-state index contributed by atoms with van der Waals surface area (Å²) in [6.07, 6.45) is 1.88. The number of carboxylic acid groups (broad SMARTS) is 1. The molecular weight excluding hydrogens is 467 g/mol. The maximum atomic E-state index is 15.0. The molecule has 0 spiro atoms. The first-order valence-electron chi connectivity index (χ1n) is 10.9. The first-order chi connectivity index (χ1) is 16.9. The lowest BCUT2D eigenvalue weighted by Crippen LogP contribution is -2.12. The highest BCUT2D eigenvalue weighted by atomic mass is 35.5. The van der Waals surface area contributed by atoms with Crippen molar-refractivity contribution in [1.82, 2.24) is 4.98 Å². The van der Waals surface area contributed by atoms with Gasteiger partial charge in [0.25, 0.3) is 0 Å². The molecule has 0 bridgehead atoms. The number of halogens is 2. The third kappa shape index (κ3) is 5.55. The molecule has 1 aromatic heterocycles. The molecule has 0 saturated heterocycles. The van der Waals surface area contributed by atoms with Gasteiger partial charge in [-0.25, -0.2) is 9.18 Å². The van der Waals surface area contributed by atoms with Crippen LogP contribution in [-0.4, -0.2) is 27.0 Å². The summed E-state index contributed by atoms with van der Waals surface area (Å²) in [5.74, 6) is -1.88. The Morgan fingerprint density at radius 3 is 2.20 bits per heavy atom. The molecule has 3 aromatic carbocycles. The average molecular weight is 489 g/mol. The van der Waals surface area contributed by atoms with E-state index >= 15 is 4.39 Å². The molecule has 1 heterocycles. The minimum absolute atomic E-state index is 0.214. The summed E-state index contributed by atoms with van der Waals surface area (Å²) in [4.78, 5) is 15.3. The number of aromatic nitrogens is 1. The van der Waals surface area contributed by atoms with Gasteiger partial charge < -0.3 is 10.3 Å². The predicted octanol–water partition coefficient (Wildman–Crippen LogP) is 6.95. The van der Waals surface area contributed by atoms with Crippen molar-refractivity contribution in [2.75, 3.05) is 0 Å². The summed E-state index contributed by atoms with van der Waals surface area (Å²) in [5, 5.41) is 22.7. The van der Waals surface area contributed by atoms with Crippen LogP contribution in [0.3, 0.4) is 0 Å². The molecule has 0 saturated carbocycles. The largest absolute Gasteiger partial charge is 0.478 e. The van der Waals surface area contributed by atoms with Crippen molar-refractivity contribution in [2.24, 2.45) is 5.16 Å². The number of carbonyl (C=O) groups is 1. The number of oxime groups is 1. The van der Waals surface area contributed by atoms with Crippen molar-refractivity contribution in [1.29, 1.82) is 0 Å². The molecule has 35 heavy (non-hydrogen) atoms. The van der Waals surface area contributed by atoms with E-state index in [4.69, 9.17) is 16.7 Å². The maximum absolute atomic E-state index is 15.0. The third-order valence-corrected chi connectivity index (χ3v) is 6.10. The Balaban J connectivity index is 1.71. The Labute approximate surface area is 207 Å². The van der Waals surface area contributed by atoms with Crippen molar-refractivity contribution in [3.8, 4) is 11.1 Å². The molecular formula is C28H22ClFN2O3. The molecule has 0 radical (unpaired) electrons. The van der Waals surface area contributed by atoms with Gasteiger partial charge >= 0.3 is 5.97 Å². The molecule has 0 amide bonds. The zero-order chi connectivity index (χ0) is 24.9. The Kier molecular flexibility index (Phi) is 7.22. The number of pyridine rings is 1. The first-order valence-corrected chi connectivity index (χ1v) is 11.3. The summed E-state index contributed by atoms with van der Waals surface area (Å²) < 4.78 is 15.0. The number of nitrogens with zero attached hydrogens (tertiary/aromatic N) is 2. The van der Waals surface area contributed by atoms with Crippen LogP contribution in [0.15, 0.2) is 90.2 Å². The van der Waals surface area contributed by atoms with E-state index < -0.39 is 17.7 Å². The zero-order valence-electron chi connectivity index (χ0n) is 18.8. The Morgan fingerprint density at radius 1 is 0.971 bits per heavy atom. The van der Waals surface area contributed by atoms with Crippen LogP contribution in [0.25, 0.3) is 11.1 Å². The number of hydrogen-bond acceptors (Lipinski definition) is 4. The van der Waals surface area contributed by atoms with Crippen LogP contribution in [0.1, 0.15) is 45.1 Å². The molecule has 1 unspecified atom stereocenters. The normalized spacial score (nSPS) is 12.4. The molecule has 0 fully saturated rings. The smallest absolute Gasteiger partial charge is 0.335 e. The fraction of sp³-hybridized carbons (Fsp3) is 0.107. The van der Waals surface area contributed by atoms with E-state index in [0.717, 1.165) is 22.4 Å². The number of carboxylic acids is 1. The summed E-state index contributed by atoms with van der Waals surface area (Å²) in [6, 6.07) is 22.3. The van der Waals surface area contributed by atoms with Gasteiger partial charge in [0.05, 0.1) is 11.3 Å². The highest BCUT2D eigenvalue weighted by molar-refractivity contribution is 6.30. The molecule has 4 rings (SSSR count). The SMILES string of the molecule is Cc1cc(/C(CC(c2ccc(-c3ccc(C(=O)O)cc3)cc2)c2ccc(Cl)cc2F)=N/O)ccn1. The maximum Gasteiger partial charge on any atom is 0.335 e. The van der Waals surface area contributed by atoms with E-state index in [-0.39, 0.29) is 12.0 Å². The van der Waals surface area contributed by atoms with Gasteiger partial charge in [0, 0.05) is 34.8 Å². The standard InChI is InChI=1S/C28H22ClFN2O3/c1-17-14-22(12-13-31-17)27(32-35)16-25(24-11-10-23(29)15-26(24)30)20-6-2-18(3-7-20)19-4-8-21(9-5-19)28(33)34/h2-15,25,35H,16H2,1H3,(H,33,34)/b32-27+. The second-order valence-electron chi connectivity index (χ2n) is 8.16. The topological polar surface area (TPSA) is 82.8 Å². The van der Waals surface area contributed by atoms with E-state index in [1.54, 1.807) is 48.7 Å². The van der Waals surface area contributed by atoms with Crippen LogP contribution in [0, 0.1) is 12.7 Å². The lowest BCUT2D eigenvalue weighted by Gasteiger charge is -2.20. The number of aromatic carboxylic acids is 1. The number of hydrogen-bond donors (Lipinski definition) is 2. The molecule has 0 aliphatic rings. The molecule has 0 aliphatic carbocycles. The van der Waals surface area contributed by atoms with Crippen molar-refractivity contribution in [3.05, 3.63) is 124 Å². The molecule has 7 heteroatoms. The van der Waals surface area contributed by atoms with Crippen LogP contribution >= 0.6 is 11.6 Å². The van der Waals surface area contributed by atoms with Gasteiger partial charge in [-0.1, -0.05) is 59.2 Å². The Bertz CT molecular complexity index is 1390. The molecule has 0 aliphatic heterocycles. The number of benzene rings is 3. The van der Waals surface area contributed by atoms with E-state index in [1.165, 1.54) is 6.07 Å². The van der Waals surface area contributed by atoms with Crippen LogP contribution in [0.2, 0.25) is 5.02 Å². The fourth-order valence-electron chi connectivity index (χ4n) is 4.04. The van der Waals surface area contributed by atoms with E-state index in [2.05, 4.69) is 10.1 Å². The average Bonchev–Trinajstić information content (AvgIpc) is 2.86.